The van der Waals surface area contributed by atoms with Crippen LogP contribution < -0.4 is 9.80 Å². The van der Waals surface area contributed by atoms with Gasteiger partial charge in [-0.05, 0) is 73.9 Å². The highest BCUT2D eigenvalue weighted by atomic mass is 35.5. The van der Waals surface area contributed by atoms with E-state index < -0.39 is 0 Å². The minimum absolute atomic E-state index is 0.330. The number of anilines is 2. The van der Waals surface area contributed by atoms with Crippen molar-refractivity contribution in [3.8, 4) is 0 Å². The van der Waals surface area contributed by atoms with Gasteiger partial charge in [0.15, 0.2) is 0 Å². The number of likely N-dealkylation sites (N-methyl/N-ethyl adjacent to an activating group) is 1. The van der Waals surface area contributed by atoms with E-state index in [0.29, 0.717) is 34.1 Å². The van der Waals surface area contributed by atoms with E-state index in [4.69, 9.17) is 11.6 Å². The molecule has 0 unspecified atom stereocenters. The highest BCUT2D eigenvalue weighted by molar-refractivity contribution is 6.46. The zero-order chi connectivity index (χ0) is 22.1. The van der Waals surface area contributed by atoms with E-state index in [0.717, 1.165) is 16.8 Å². The lowest BCUT2D eigenvalue weighted by Crippen LogP contribution is -2.35. The lowest BCUT2D eigenvalue weighted by Gasteiger charge is -2.25. The average Bonchev–Trinajstić information content (AvgIpc) is 3.02. The van der Waals surface area contributed by atoms with Crippen LogP contribution in [0.25, 0.3) is 5.57 Å². The van der Waals surface area contributed by atoms with Crippen LogP contribution in [0.3, 0.4) is 0 Å². The molecule has 156 valence electrons. The Balaban J connectivity index is 1.91. The average molecular weight is 431 g/mol. The molecule has 1 heterocycles. The topological polar surface area (TPSA) is 40.6 Å². The lowest BCUT2D eigenvalue weighted by molar-refractivity contribution is -0.120. The standard InChI is InChI=1S/C26H23ClN2O2/c1-4-28(21-8-6-5-7-9-21)24-23(19-11-13-20(27)14-12-19)25(30)29(26(24)31)22-15-10-17(2)18(3)16-22/h5-16H,4H2,1-3H3. The Hall–Kier alpha value is -3.37. The summed E-state index contributed by atoms with van der Waals surface area (Å²) in [5.74, 6) is -0.663. The minimum Gasteiger partial charge on any atom is -0.337 e. The number of aryl methyl sites for hydroxylation is 2. The summed E-state index contributed by atoms with van der Waals surface area (Å²) in [4.78, 5) is 30.5. The molecule has 5 heteroatoms. The summed E-state index contributed by atoms with van der Waals surface area (Å²) >= 11 is 6.07. The lowest BCUT2D eigenvalue weighted by atomic mass is 10.0. The van der Waals surface area contributed by atoms with Crippen LogP contribution in [-0.2, 0) is 9.59 Å². The summed E-state index contributed by atoms with van der Waals surface area (Å²) in [7, 11) is 0. The monoisotopic (exact) mass is 430 g/mol. The fourth-order valence-electron chi connectivity index (χ4n) is 3.82. The molecule has 0 spiro atoms. The van der Waals surface area contributed by atoms with Crippen LogP contribution in [0.15, 0.2) is 78.5 Å². The van der Waals surface area contributed by atoms with Crippen molar-refractivity contribution < 1.29 is 9.59 Å². The summed E-state index contributed by atoms with van der Waals surface area (Å²) in [6.45, 7) is 6.48. The number of carbonyl (C=O) groups is 2. The van der Waals surface area contributed by atoms with Crippen molar-refractivity contribution in [1.82, 2.24) is 0 Å². The number of rotatable bonds is 5. The largest absolute Gasteiger partial charge is 0.337 e. The molecule has 2 amide bonds. The summed E-state index contributed by atoms with van der Waals surface area (Å²) < 4.78 is 0. The van der Waals surface area contributed by atoms with Crippen LogP contribution in [0.1, 0.15) is 23.6 Å². The number of hydrogen-bond acceptors (Lipinski definition) is 3. The Morgan fingerprint density at radius 1 is 0.839 bits per heavy atom. The molecule has 0 saturated carbocycles. The van der Waals surface area contributed by atoms with Gasteiger partial charge in [0, 0.05) is 17.3 Å². The Morgan fingerprint density at radius 3 is 2.13 bits per heavy atom. The molecule has 0 aliphatic carbocycles. The number of hydrogen-bond donors (Lipinski definition) is 0. The van der Waals surface area contributed by atoms with Gasteiger partial charge in [-0.1, -0.05) is 48.0 Å². The van der Waals surface area contributed by atoms with E-state index >= 15 is 0 Å². The SMILES string of the molecule is CCN(C1=C(c2ccc(Cl)cc2)C(=O)N(c2ccc(C)c(C)c2)C1=O)c1ccccc1. The predicted octanol–water partition coefficient (Wildman–Crippen LogP) is 5.77. The fourth-order valence-corrected chi connectivity index (χ4v) is 3.95. The van der Waals surface area contributed by atoms with Crippen LogP contribution in [0.4, 0.5) is 11.4 Å². The molecule has 0 N–H and O–H groups in total. The molecule has 3 aromatic carbocycles. The van der Waals surface area contributed by atoms with Crippen LogP contribution >= 0.6 is 11.6 Å². The molecular formula is C26H23ClN2O2. The van der Waals surface area contributed by atoms with Crippen LogP contribution in [0, 0.1) is 13.8 Å². The number of benzene rings is 3. The van der Waals surface area contributed by atoms with Crippen molar-refractivity contribution in [3.63, 3.8) is 0 Å². The maximum Gasteiger partial charge on any atom is 0.282 e. The second-order valence-corrected chi connectivity index (χ2v) is 7.96. The Morgan fingerprint density at radius 2 is 1.52 bits per heavy atom. The van der Waals surface area contributed by atoms with E-state index in [9.17, 15) is 9.59 Å². The fraction of sp³-hybridized carbons (Fsp3) is 0.154. The number of nitrogens with zero attached hydrogens (tertiary/aromatic N) is 2. The van der Waals surface area contributed by atoms with E-state index in [-0.39, 0.29) is 11.8 Å². The zero-order valence-corrected chi connectivity index (χ0v) is 18.5. The molecule has 0 atom stereocenters. The molecule has 1 aliphatic rings. The zero-order valence-electron chi connectivity index (χ0n) is 17.7. The number of para-hydroxylation sites is 1. The Labute approximate surface area is 187 Å². The highest BCUT2D eigenvalue weighted by Gasteiger charge is 2.42. The Kier molecular flexibility index (Phi) is 5.66. The van der Waals surface area contributed by atoms with Gasteiger partial charge >= 0.3 is 0 Å². The van der Waals surface area contributed by atoms with Gasteiger partial charge in [-0.2, -0.15) is 0 Å². The quantitative estimate of drug-likeness (QED) is 0.482. The first-order chi connectivity index (χ1) is 14.9. The van der Waals surface area contributed by atoms with Gasteiger partial charge in [-0.25, -0.2) is 4.90 Å². The van der Waals surface area contributed by atoms with Gasteiger partial charge in [0.1, 0.15) is 5.70 Å². The van der Waals surface area contributed by atoms with E-state index in [1.807, 2.05) is 74.2 Å². The molecule has 3 aromatic rings. The minimum atomic E-state index is -0.333. The van der Waals surface area contributed by atoms with Gasteiger partial charge in [-0.15, -0.1) is 0 Å². The molecule has 4 nitrogen and oxygen atoms in total. The van der Waals surface area contributed by atoms with Gasteiger partial charge in [0.05, 0.1) is 11.3 Å². The van der Waals surface area contributed by atoms with Crippen molar-refractivity contribution >= 4 is 40.4 Å². The van der Waals surface area contributed by atoms with Crippen molar-refractivity contribution in [2.45, 2.75) is 20.8 Å². The summed E-state index contributed by atoms with van der Waals surface area (Å²) in [6.07, 6.45) is 0. The summed E-state index contributed by atoms with van der Waals surface area (Å²) in [6, 6.07) is 22.3. The van der Waals surface area contributed by atoms with Crippen LogP contribution in [0.5, 0.6) is 0 Å². The molecule has 0 fully saturated rings. The molecule has 0 aromatic heterocycles. The first-order valence-electron chi connectivity index (χ1n) is 10.2. The molecule has 31 heavy (non-hydrogen) atoms. The third kappa shape index (κ3) is 3.75. The van der Waals surface area contributed by atoms with Crippen LogP contribution in [0.2, 0.25) is 5.02 Å². The maximum absolute atomic E-state index is 13.7. The number of halogens is 1. The normalized spacial score (nSPS) is 13.9. The number of amides is 2. The van der Waals surface area contributed by atoms with Crippen molar-refractivity contribution in [2.75, 3.05) is 16.3 Å². The molecular weight excluding hydrogens is 408 g/mol. The first-order valence-corrected chi connectivity index (χ1v) is 10.6. The summed E-state index contributed by atoms with van der Waals surface area (Å²) in [5, 5.41) is 0.573. The number of imide groups is 1. The maximum atomic E-state index is 13.7. The second kappa shape index (κ2) is 8.40. The van der Waals surface area contributed by atoms with Gasteiger partial charge < -0.3 is 4.90 Å². The highest BCUT2D eigenvalue weighted by Crippen LogP contribution is 2.37. The summed E-state index contributed by atoms with van der Waals surface area (Å²) in [5.41, 5.74) is 4.98. The van der Waals surface area contributed by atoms with Crippen molar-refractivity contribution in [3.05, 3.63) is 100 Å². The van der Waals surface area contributed by atoms with Crippen LogP contribution in [-0.4, -0.2) is 18.4 Å². The third-order valence-electron chi connectivity index (χ3n) is 5.60. The van der Waals surface area contributed by atoms with Gasteiger partial charge in [0.2, 0.25) is 0 Å². The Bertz CT molecular complexity index is 1180. The molecule has 1 aliphatic heterocycles. The second-order valence-electron chi connectivity index (χ2n) is 7.52. The molecule has 0 bridgehead atoms. The van der Waals surface area contributed by atoms with E-state index in [2.05, 4.69) is 0 Å². The molecule has 0 radical (unpaired) electrons. The van der Waals surface area contributed by atoms with Crippen molar-refractivity contribution in [1.29, 1.82) is 0 Å². The van der Waals surface area contributed by atoms with E-state index in [1.54, 1.807) is 24.3 Å². The van der Waals surface area contributed by atoms with Gasteiger partial charge in [-0.3, -0.25) is 9.59 Å². The molecule has 4 rings (SSSR count). The smallest absolute Gasteiger partial charge is 0.282 e. The number of carbonyl (C=O) groups excluding carboxylic acids is 2. The van der Waals surface area contributed by atoms with Crippen molar-refractivity contribution in [2.24, 2.45) is 0 Å². The predicted molar refractivity (Wildman–Crippen MR) is 126 cm³/mol. The third-order valence-corrected chi connectivity index (χ3v) is 5.85. The first kappa shape index (κ1) is 20.9. The van der Waals surface area contributed by atoms with Gasteiger partial charge in [0.25, 0.3) is 11.8 Å². The molecule has 0 saturated heterocycles. The van der Waals surface area contributed by atoms with E-state index in [1.165, 1.54) is 4.90 Å².